The Morgan fingerprint density at radius 3 is 2.64 bits per heavy atom. The lowest BCUT2D eigenvalue weighted by Crippen LogP contribution is -2.31. The second-order valence-electron chi connectivity index (χ2n) is 5.47. The van der Waals surface area contributed by atoms with E-state index in [9.17, 15) is 4.79 Å². The van der Waals surface area contributed by atoms with Crippen molar-refractivity contribution in [3.63, 3.8) is 0 Å². The number of hydrogen-bond donors (Lipinski definition) is 0. The molecule has 2 heterocycles. The summed E-state index contributed by atoms with van der Waals surface area (Å²) in [7, 11) is 1.65. The number of hydrogen-bond acceptors (Lipinski definition) is 4. The predicted molar refractivity (Wildman–Crippen MR) is 82.8 cm³/mol. The number of nitrogens with zero attached hydrogens (tertiary/aromatic N) is 3. The van der Waals surface area contributed by atoms with Gasteiger partial charge in [-0.3, -0.25) is 9.78 Å². The van der Waals surface area contributed by atoms with Gasteiger partial charge in [-0.15, -0.1) is 0 Å². The van der Waals surface area contributed by atoms with Crippen LogP contribution in [-0.2, 0) is 0 Å². The highest BCUT2D eigenvalue weighted by atomic mass is 16.5. The van der Waals surface area contributed by atoms with Crippen LogP contribution < -0.4 is 4.74 Å². The van der Waals surface area contributed by atoms with Gasteiger partial charge in [0.1, 0.15) is 11.4 Å². The molecule has 2 aromatic rings. The molecule has 114 valence electrons. The van der Waals surface area contributed by atoms with Gasteiger partial charge in [0, 0.05) is 12.7 Å². The fourth-order valence-corrected chi connectivity index (χ4v) is 2.83. The second-order valence-corrected chi connectivity index (χ2v) is 5.47. The van der Waals surface area contributed by atoms with E-state index in [1.54, 1.807) is 19.5 Å². The zero-order valence-corrected chi connectivity index (χ0v) is 12.8. The number of likely N-dealkylation sites (tertiary alicyclic amines) is 1. The van der Waals surface area contributed by atoms with Gasteiger partial charge >= 0.3 is 0 Å². The Labute approximate surface area is 130 Å². The van der Waals surface area contributed by atoms with Gasteiger partial charge in [0.15, 0.2) is 0 Å². The maximum atomic E-state index is 12.7. The van der Waals surface area contributed by atoms with Gasteiger partial charge in [-0.25, -0.2) is 4.98 Å². The van der Waals surface area contributed by atoms with Crippen LogP contribution in [0.4, 0.5) is 0 Å². The molecule has 1 atom stereocenters. The van der Waals surface area contributed by atoms with E-state index in [1.807, 2.05) is 36.1 Å². The van der Waals surface area contributed by atoms with E-state index in [4.69, 9.17) is 4.74 Å². The van der Waals surface area contributed by atoms with E-state index in [0.717, 1.165) is 36.4 Å². The number of methoxy groups -OCH3 is 1. The first-order chi connectivity index (χ1) is 10.7. The summed E-state index contributed by atoms with van der Waals surface area (Å²) in [4.78, 5) is 22.9. The average Bonchev–Trinajstić information content (AvgIpc) is 3.04. The van der Waals surface area contributed by atoms with Crippen molar-refractivity contribution in [2.45, 2.75) is 25.8 Å². The minimum Gasteiger partial charge on any atom is -0.497 e. The average molecular weight is 297 g/mol. The highest BCUT2D eigenvalue weighted by molar-refractivity contribution is 5.92. The Kier molecular flexibility index (Phi) is 4.04. The highest BCUT2D eigenvalue weighted by Gasteiger charge is 2.31. The lowest BCUT2D eigenvalue weighted by Gasteiger charge is -2.24. The minimum atomic E-state index is -0.0502. The zero-order valence-electron chi connectivity index (χ0n) is 12.8. The molecule has 3 rings (SSSR count). The van der Waals surface area contributed by atoms with E-state index in [1.165, 1.54) is 0 Å². The van der Waals surface area contributed by atoms with E-state index in [0.29, 0.717) is 5.69 Å². The Morgan fingerprint density at radius 1 is 1.23 bits per heavy atom. The maximum Gasteiger partial charge on any atom is 0.274 e. The van der Waals surface area contributed by atoms with E-state index in [2.05, 4.69) is 9.97 Å². The quantitative estimate of drug-likeness (QED) is 0.874. The molecule has 0 spiro atoms. The molecule has 1 amide bonds. The van der Waals surface area contributed by atoms with Crippen molar-refractivity contribution >= 4 is 5.91 Å². The van der Waals surface area contributed by atoms with Crippen molar-refractivity contribution in [1.82, 2.24) is 14.9 Å². The summed E-state index contributed by atoms with van der Waals surface area (Å²) >= 11 is 0. The molecule has 1 fully saturated rings. The standard InChI is InChI=1S/C17H19N3O2/c1-12-10-19-15(11-18-12)17(21)20-9-3-4-16(20)13-5-7-14(22-2)8-6-13/h5-8,10-11,16H,3-4,9H2,1-2H3/t16-/m1/s1. The molecule has 1 saturated heterocycles. The van der Waals surface area contributed by atoms with E-state index < -0.39 is 0 Å². The normalized spacial score (nSPS) is 17.5. The molecular formula is C17H19N3O2. The fourth-order valence-electron chi connectivity index (χ4n) is 2.83. The van der Waals surface area contributed by atoms with Crippen LogP contribution in [0.25, 0.3) is 0 Å². The SMILES string of the molecule is COc1ccc([C@H]2CCCN2C(=O)c2cnc(C)cn2)cc1. The topological polar surface area (TPSA) is 55.3 Å². The summed E-state index contributed by atoms with van der Waals surface area (Å²) < 4.78 is 5.19. The first-order valence-electron chi connectivity index (χ1n) is 7.42. The van der Waals surface area contributed by atoms with Crippen LogP contribution in [0.3, 0.4) is 0 Å². The first-order valence-corrected chi connectivity index (χ1v) is 7.42. The molecule has 5 nitrogen and oxygen atoms in total. The van der Waals surface area contributed by atoms with Crippen LogP contribution in [-0.4, -0.2) is 34.4 Å². The minimum absolute atomic E-state index is 0.0502. The van der Waals surface area contributed by atoms with Crippen LogP contribution in [0.2, 0.25) is 0 Å². The molecule has 5 heteroatoms. The summed E-state index contributed by atoms with van der Waals surface area (Å²) in [6.45, 7) is 2.61. The van der Waals surface area contributed by atoms with Crippen molar-refractivity contribution in [2.75, 3.05) is 13.7 Å². The molecular weight excluding hydrogens is 278 g/mol. The van der Waals surface area contributed by atoms with Crippen LogP contribution in [0.5, 0.6) is 5.75 Å². The molecule has 1 aliphatic heterocycles. The lowest BCUT2D eigenvalue weighted by molar-refractivity contribution is 0.0729. The van der Waals surface area contributed by atoms with Crippen molar-refractivity contribution in [1.29, 1.82) is 0 Å². The molecule has 22 heavy (non-hydrogen) atoms. The Morgan fingerprint density at radius 2 is 2.00 bits per heavy atom. The lowest BCUT2D eigenvalue weighted by atomic mass is 10.0. The van der Waals surface area contributed by atoms with Gasteiger partial charge in [0.05, 0.1) is 25.0 Å². The summed E-state index contributed by atoms with van der Waals surface area (Å²) in [5.41, 5.74) is 2.35. The van der Waals surface area contributed by atoms with E-state index in [-0.39, 0.29) is 11.9 Å². The summed E-state index contributed by atoms with van der Waals surface area (Å²) in [5.74, 6) is 0.773. The summed E-state index contributed by atoms with van der Waals surface area (Å²) in [6.07, 6.45) is 5.16. The Hall–Kier alpha value is -2.43. The van der Waals surface area contributed by atoms with Crippen molar-refractivity contribution in [3.05, 3.63) is 53.6 Å². The third kappa shape index (κ3) is 2.79. The van der Waals surface area contributed by atoms with Gasteiger partial charge in [0.2, 0.25) is 0 Å². The van der Waals surface area contributed by atoms with Gasteiger partial charge < -0.3 is 9.64 Å². The number of amides is 1. The van der Waals surface area contributed by atoms with E-state index >= 15 is 0 Å². The largest absolute Gasteiger partial charge is 0.497 e. The van der Waals surface area contributed by atoms with Crippen molar-refractivity contribution in [3.8, 4) is 5.75 Å². The highest BCUT2D eigenvalue weighted by Crippen LogP contribution is 2.33. The van der Waals surface area contributed by atoms with Crippen LogP contribution in [0.15, 0.2) is 36.7 Å². The molecule has 0 aliphatic carbocycles. The molecule has 0 bridgehead atoms. The Bertz CT molecular complexity index is 653. The number of rotatable bonds is 3. The number of carbonyl (C=O) groups excluding carboxylic acids is 1. The van der Waals surface area contributed by atoms with Crippen LogP contribution >= 0.6 is 0 Å². The molecule has 0 radical (unpaired) electrons. The third-order valence-electron chi connectivity index (χ3n) is 4.01. The Balaban J connectivity index is 1.82. The monoisotopic (exact) mass is 297 g/mol. The molecule has 0 saturated carbocycles. The summed E-state index contributed by atoms with van der Waals surface area (Å²) in [5, 5.41) is 0. The van der Waals surface area contributed by atoms with Gasteiger partial charge in [-0.1, -0.05) is 12.1 Å². The van der Waals surface area contributed by atoms with Crippen LogP contribution in [0, 0.1) is 6.92 Å². The van der Waals surface area contributed by atoms with Gasteiger partial charge in [0.25, 0.3) is 5.91 Å². The number of benzene rings is 1. The maximum absolute atomic E-state index is 12.7. The predicted octanol–water partition coefficient (Wildman–Crippen LogP) is 2.77. The van der Waals surface area contributed by atoms with Gasteiger partial charge in [-0.05, 0) is 37.5 Å². The molecule has 1 aliphatic rings. The smallest absolute Gasteiger partial charge is 0.274 e. The molecule has 0 N–H and O–H groups in total. The first kappa shape index (κ1) is 14.5. The number of aryl methyl sites for hydroxylation is 1. The van der Waals surface area contributed by atoms with Crippen LogP contribution in [0.1, 0.15) is 40.6 Å². The summed E-state index contributed by atoms with van der Waals surface area (Å²) in [6, 6.07) is 8.01. The number of aromatic nitrogens is 2. The van der Waals surface area contributed by atoms with Crippen molar-refractivity contribution in [2.24, 2.45) is 0 Å². The number of ether oxygens (including phenoxy) is 1. The second kappa shape index (κ2) is 6.13. The zero-order chi connectivity index (χ0) is 15.5. The third-order valence-corrected chi connectivity index (χ3v) is 4.01. The van der Waals surface area contributed by atoms with Crippen molar-refractivity contribution < 1.29 is 9.53 Å². The fraction of sp³-hybridized carbons (Fsp3) is 0.353. The van der Waals surface area contributed by atoms with Gasteiger partial charge in [-0.2, -0.15) is 0 Å². The molecule has 1 aromatic heterocycles. The molecule has 1 aromatic carbocycles. The number of carbonyl (C=O) groups is 1. The molecule has 0 unspecified atom stereocenters.